The van der Waals surface area contributed by atoms with Gasteiger partial charge in [0.1, 0.15) is 82.7 Å². The number of ketones is 3. The molecule has 0 aliphatic carbocycles. The van der Waals surface area contributed by atoms with Gasteiger partial charge in [-0.15, -0.1) is 23.9 Å². The lowest BCUT2D eigenvalue weighted by molar-refractivity contribution is -0.138. The van der Waals surface area contributed by atoms with Crippen LogP contribution in [0.15, 0.2) is 258 Å². The van der Waals surface area contributed by atoms with Crippen molar-refractivity contribution in [3.8, 4) is 24.7 Å². The second kappa shape index (κ2) is 41.6. The molecule has 5 aliphatic rings. The van der Waals surface area contributed by atoms with Gasteiger partial charge < -0.3 is 36.4 Å². The van der Waals surface area contributed by atoms with E-state index in [1.807, 2.05) is 12.1 Å². The predicted octanol–water partition coefficient (Wildman–Crippen LogP) is 14.8. The van der Waals surface area contributed by atoms with Crippen LogP contribution in [0.5, 0.6) is 0 Å². The van der Waals surface area contributed by atoms with Crippen LogP contribution in [0.4, 0.5) is 17.6 Å². The number of carbonyl (C=O) groups is 7. The van der Waals surface area contributed by atoms with Crippen molar-refractivity contribution in [2.75, 3.05) is 19.8 Å². The van der Waals surface area contributed by atoms with Crippen molar-refractivity contribution in [2.45, 2.75) is 84.7 Å². The van der Waals surface area contributed by atoms with Gasteiger partial charge in [-0.1, -0.05) is 100 Å². The lowest BCUT2D eigenvalue weighted by Crippen LogP contribution is -2.36. The van der Waals surface area contributed by atoms with Crippen LogP contribution in [0.1, 0.15) is 153 Å². The smallest absolute Gasteiger partial charge is 0.339 e. The Bertz CT molecular complexity index is 6300. The number of aliphatic hydroxyl groups is 1. The third kappa shape index (κ3) is 21.7. The van der Waals surface area contributed by atoms with Crippen molar-refractivity contribution < 1.29 is 61.0 Å². The summed E-state index contributed by atoms with van der Waals surface area (Å²) in [6.07, 6.45) is 20.6. The number of aliphatic hydroxyl groups excluding tert-OH is 1. The largest absolute Gasteiger partial charge is 0.449 e. The molecule has 4 unspecified atom stereocenters. The molecule has 0 fully saturated rings. The number of ether oxygens (including phenoxy) is 1. The number of hydrogen-bond acceptors (Lipinski definition) is 23. The molecule has 10 aromatic rings. The summed E-state index contributed by atoms with van der Waals surface area (Å²) in [7, 11) is 0. The maximum Gasteiger partial charge on any atom is 0.339 e. The van der Waals surface area contributed by atoms with Crippen LogP contribution in [-0.2, 0) is 37.0 Å². The van der Waals surface area contributed by atoms with Crippen LogP contribution >= 0.6 is 62.3 Å². The Kier molecular flexibility index (Phi) is 30.2. The van der Waals surface area contributed by atoms with Gasteiger partial charge in [-0.25, -0.2) is 22.4 Å². The molecule has 5 aromatic carbocycles. The van der Waals surface area contributed by atoms with Crippen molar-refractivity contribution in [1.82, 2.24) is 66.4 Å². The minimum Gasteiger partial charge on any atom is -0.449 e. The molecule has 638 valence electrons. The molecule has 126 heavy (non-hydrogen) atoms. The van der Waals surface area contributed by atoms with Gasteiger partial charge in [-0.2, -0.15) is 0 Å². The number of amides is 3. The summed E-state index contributed by atoms with van der Waals surface area (Å²) >= 11 is 28.4. The minimum atomic E-state index is -0.812. The number of carbonyl (C=O) groups excluding carboxylic acids is 7. The van der Waals surface area contributed by atoms with E-state index in [0.29, 0.717) is 125 Å². The molecular formula is C91H72BrCl4F4N17O9. The van der Waals surface area contributed by atoms with Gasteiger partial charge in [-0.3, -0.25) is 78.3 Å². The number of aliphatic imine (C=N–C) groups is 4. The molecule has 0 saturated heterocycles. The molecule has 0 spiro atoms. The van der Waals surface area contributed by atoms with Crippen molar-refractivity contribution in [3.05, 3.63) is 349 Å². The number of benzene rings is 5. The first-order valence-electron chi connectivity index (χ1n) is 38.3. The van der Waals surface area contributed by atoms with Crippen LogP contribution in [0.2, 0.25) is 20.1 Å². The van der Waals surface area contributed by atoms with Gasteiger partial charge in [-0.05, 0) is 160 Å². The zero-order valence-corrected chi connectivity index (χ0v) is 71.9. The standard InChI is InChI=1S/C30H24ClFN8O3.C23H19ClFN3O2.C20H15ClFN3O2.C18H14BrClFN3O2/c1-17-25(26(23-7-6-19(32)14-24(23)31)36-27(35-17)18-8-10-33-11-9-18)28(41)34-15-20-16-39(38-37-20)12-13-40-29(42)21-4-2-3-5-22(21)30(40)43;1-4-5-6-20(30)15-7-10-19(26-12-15)23-27-13(2)21(14(3)29)22(28-23)17-9-8-16(25)11-18(17)24;1-3-10-27-20(26)17-12(2)24-19(16-6-4-5-9-23-16)25-18(17)14-8-7-13(22)11-15(14)21;1-9-16(15(26)8-25)17(12-4-3-11(21)6-13(12)20)24-18(23-9)14-5-2-10(19)7-22-14/h2-11,14,16,26H,12-13,15H2,1H3,(H,34,41)(H,35,36);1,7-12,22H,5-6H2,2-3H3,(H,27,28);1,4-9,11,18H,10H2,2H3,(H,24,25);2-7,17,25H,8H2,1H3,(H,23,24). The third-order valence-corrected chi connectivity index (χ3v) is 21.5. The van der Waals surface area contributed by atoms with Gasteiger partial charge in [0, 0.05) is 142 Å². The van der Waals surface area contributed by atoms with E-state index >= 15 is 0 Å². The minimum absolute atomic E-state index is 0.0490. The van der Waals surface area contributed by atoms with Gasteiger partial charge >= 0.3 is 5.97 Å². The molecule has 5 aromatic heterocycles. The number of terminal acetylenes is 2. The summed E-state index contributed by atoms with van der Waals surface area (Å²) in [5, 5.41) is 33.4. The Morgan fingerprint density at radius 2 is 1.01 bits per heavy atom. The number of imide groups is 1. The molecule has 6 N–H and O–H groups in total. The van der Waals surface area contributed by atoms with Gasteiger partial charge in [0.2, 0.25) is 0 Å². The number of nitrogens with one attached hydrogen (secondary N) is 5. The SMILES string of the molecule is C#CCCC(=O)c1ccc(C2=NC(c3ccc(F)cc3Cl)C(C(C)=O)=C(C)N2)nc1.C#CCOC(=O)C1=C(C)NC(c2ccccn2)=NC1c1ccc(F)cc1Cl.CC1=C(C(=O)CO)C(c2ccc(F)cc2Cl)N=C(c2ccc(Br)cn2)N1.CC1=C(C(=O)NCc2cn(CCN3C(=O)c4ccccc4C3=O)nn2)C(c2ccc(F)cc2Cl)N=C(c2ccncc2)N1. The highest BCUT2D eigenvalue weighted by Gasteiger charge is 2.38. The first kappa shape index (κ1) is 91.4. The van der Waals surface area contributed by atoms with E-state index in [0.717, 1.165) is 10.0 Å². The number of aromatic nitrogens is 7. The number of rotatable bonds is 22. The van der Waals surface area contributed by atoms with Crippen LogP contribution in [-0.4, -0.2) is 129 Å². The summed E-state index contributed by atoms with van der Waals surface area (Å²) in [5.41, 5.74) is 9.54. The number of halogens is 9. The van der Waals surface area contributed by atoms with Crippen LogP contribution in [0, 0.1) is 48.0 Å². The van der Waals surface area contributed by atoms with Crippen molar-refractivity contribution >= 4 is 127 Å². The van der Waals surface area contributed by atoms with Crippen LogP contribution in [0.3, 0.4) is 0 Å². The first-order chi connectivity index (χ1) is 60.5. The summed E-state index contributed by atoms with van der Waals surface area (Å²) in [6.45, 7) is 7.96. The molecule has 15 rings (SSSR count). The fourth-order valence-electron chi connectivity index (χ4n) is 13.7. The van der Waals surface area contributed by atoms with Gasteiger partial charge in [0.15, 0.2) is 41.5 Å². The molecule has 10 heterocycles. The van der Waals surface area contributed by atoms with Gasteiger partial charge in [0.25, 0.3) is 17.7 Å². The first-order valence-corrected chi connectivity index (χ1v) is 40.6. The number of allylic oxidation sites excluding steroid dienone is 4. The Hall–Kier alpha value is -13.8. The van der Waals surface area contributed by atoms with Crippen molar-refractivity contribution in [2.24, 2.45) is 20.0 Å². The molecule has 0 bridgehead atoms. The predicted molar refractivity (Wildman–Crippen MR) is 469 cm³/mol. The maximum absolute atomic E-state index is 13.9. The highest BCUT2D eigenvalue weighted by Crippen LogP contribution is 2.41. The Labute approximate surface area is 747 Å². The number of nitrogens with zero attached hydrogens (tertiary/aromatic N) is 12. The molecule has 26 nitrogen and oxygen atoms in total. The lowest BCUT2D eigenvalue weighted by atomic mass is 9.93. The van der Waals surface area contributed by atoms with Gasteiger partial charge in [0.05, 0.1) is 41.6 Å². The normalized spacial score (nSPS) is 16.3. The number of esters is 1. The molecule has 0 radical (unpaired) electrons. The van der Waals surface area contributed by atoms with E-state index in [4.69, 9.17) is 69.0 Å². The molecule has 35 heteroatoms. The maximum atomic E-state index is 13.9. The Balaban J connectivity index is 0.000000156. The Morgan fingerprint density at radius 1 is 0.540 bits per heavy atom. The van der Waals surface area contributed by atoms with E-state index in [1.54, 1.807) is 125 Å². The number of Topliss-reactive ketones (excluding diaryl/α,β-unsaturated/α-hetero) is 3. The zero-order chi connectivity index (χ0) is 90.2. The van der Waals surface area contributed by atoms with Crippen LogP contribution in [0.25, 0.3) is 0 Å². The van der Waals surface area contributed by atoms with Crippen LogP contribution < -0.4 is 26.6 Å². The number of amidine groups is 4. The molecule has 3 amide bonds. The summed E-state index contributed by atoms with van der Waals surface area (Å²) in [5.74, 6) is 2.14. The average Bonchev–Trinajstić information content (AvgIpc) is 1.65. The highest BCUT2D eigenvalue weighted by molar-refractivity contribution is 9.10. The fraction of sp³-hybridized carbons (Fsp3) is 0.176. The third-order valence-electron chi connectivity index (χ3n) is 19.7. The summed E-state index contributed by atoms with van der Waals surface area (Å²) in [6, 6.07) is 35.3. The monoisotopic (exact) mass is 1840 g/mol. The highest BCUT2D eigenvalue weighted by atomic mass is 79.9. The average molecular weight is 1850 g/mol. The summed E-state index contributed by atoms with van der Waals surface area (Å²) in [4.78, 5) is 125. The van der Waals surface area contributed by atoms with E-state index < -0.39 is 71.7 Å². The topological polar surface area (TPSA) is 344 Å². The van der Waals surface area contributed by atoms with Crippen molar-refractivity contribution in [3.63, 3.8) is 0 Å². The zero-order valence-electron chi connectivity index (χ0n) is 67.3. The number of hydrogen-bond donors (Lipinski definition) is 6. The quantitative estimate of drug-likeness (QED) is 0.0121. The van der Waals surface area contributed by atoms with Crippen molar-refractivity contribution in [1.29, 1.82) is 0 Å². The molecule has 0 saturated carbocycles. The molecular weight excluding hydrogens is 1770 g/mol. The second-order valence-corrected chi connectivity index (χ2v) is 30.6. The summed E-state index contributed by atoms with van der Waals surface area (Å²) < 4.78 is 61.7. The Morgan fingerprint density at radius 3 is 1.48 bits per heavy atom. The fourth-order valence-corrected chi connectivity index (χ4v) is 15.0. The molecule has 4 atom stereocenters. The second-order valence-electron chi connectivity index (χ2n) is 28.1. The van der Waals surface area contributed by atoms with E-state index in [-0.39, 0.29) is 87.3 Å². The number of pyridine rings is 4. The lowest BCUT2D eigenvalue weighted by Gasteiger charge is -2.27. The molecule has 5 aliphatic heterocycles. The van der Waals surface area contributed by atoms with E-state index in [1.165, 1.54) is 95.5 Å². The van der Waals surface area contributed by atoms with E-state index in [2.05, 4.69) is 99.6 Å². The van der Waals surface area contributed by atoms with E-state index in [9.17, 15) is 56.2 Å². The number of fused-ring (bicyclic) bond motifs is 1.